The van der Waals surface area contributed by atoms with Crippen LogP contribution in [0.25, 0.3) is 0 Å². The van der Waals surface area contributed by atoms with Crippen molar-refractivity contribution in [3.63, 3.8) is 0 Å². The lowest BCUT2D eigenvalue weighted by Gasteiger charge is -2.40. The monoisotopic (exact) mass is 273 g/mol. The average molecular weight is 273 g/mol. The van der Waals surface area contributed by atoms with Crippen molar-refractivity contribution in [2.45, 2.75) is 30.6 Å². The first-order valence-electron chi connectivity index (χ1n) is 5.61. The van der Waals surface area contributed by atoms with Gasteiger partial charge in [0.2, 0.25) is 0 Å². The van der Waals surface area contributed by atoms with Crippen molar-refractivity contribution in [3.8, 4) is 0 Å². The van der Waals surface area contributed by atoms with Gasteiger partial charge in [-0.05, 0) is 6.07 Å². The lowest BCUT2D eigenvalue weighted by atomic mass is 9.98. The predicted octanol–water partition coefficient (Wildman–Crippen LogP) is -3.20. The molecule has 0 aliphatic carbocycles. The van der Waals surface area contributed by atoms with Gasteiger partial charge in [-0.25, -0.2) is 4.79 Å². The van der Waals surface area contributed by atoms with Crippen LogP contribution in [0.1, 0.15) is 6.23 Å². The zero-order chi connectivity index (χ0) is 14.2. The summed E-state index contributed by atoms with van der Waals surface area (Å²) in [6, 6.07) is 1.32. The Morgan fingerprint density at radius 3 is 2.58 bits per heavy atom. The minimum atomic E-state index is -1.56. The van der Waals surface area contributed by atoms with Gasteiger partial charge < -0.3 is 30.9 Å². The SMILES string of the molecule is Nc1ccn(C2O[C@H](CO)[C@@H](O)[C@H](O)[C@H]2O)c(=O)n1. The van der Waals surface area contributed by atoms with E-state index < -0.39 is 42.9 Å². The third-order valence-electron chi connectivity index (χ3n) is 2.99. The minimum Gasteiger partial charge on any atom is -0.394 e. The fourth-order valence-electron chi connectivity index (χ4n) is 1.93. The first-order valence-corrected chi connectivity index (χ1v) is 5.61. The molecular weight excluding hydrogens is 258 g/mol. The molecule has 0 spiro atoms. The summed E-state index contributed by atoms with van der Waals surface area (Å²) in [5.41, 5.74) is 4.56. The molecule has 106 valence electrons. The number of nitrogens with zero attached hydrogens (tertiary/aromatic N) is 2. The highest BCUT2D eigenvalue weighted by Crippen LogP contribution is 2.27. The maximum atomic E-state index is 11.6. The molecule has 19 heavy (non-hydrogen) atoms. The van der Waals surface area contributed by atoms with Crippen LogP contribution in [0.5, 0.6) is 0 Å². The summed E-state index contributed by atoms with van der Waals surface area (Å²) in [6.07, 6.45) is -5.68. The van der Waals surface area contributed by atoms with Crippen molar-refractivity contribution in [3.05, 3.63) is 22.7 Å². The number of aliphatic hydroxyl groups excluding tert-OH is 4. The first kappa shape index (κ1) is 13.9. The number of rotatable bonds is 2. The minimum absolute atomic E-state index is 0.00541. The Hall–Kier alpha value is -1.52. The number of hydrogen-bond acceptors (Lipinski definition) is 8. The van der Waals surface area contributed by atoms with Crippen LogP contribution >= 0.6 is 0 Å². The van der Waals surface area contributed by atoms with Crippen molar-refractivity contribution in [2.24, 2.45) is 0 Å². The zero-order valence-electron chi connectivity index (χ0n) is 9.83. The molecule has 1 unspecified atom stereocenters. The summed E-state index contributed by atoms with van der Waals surface area (Å²) < 4.78 is 6.14. The Bertz CT molecular complexity index is 504. The van der Waals surface area contributed by atoms with E-state index in [9.17, 15) is 20.1 Å². The van der Waals surface area contributed by atoms with E-state index >= 15 is 0 Å². The quantitative estimate of drug-likeness (QED) is 0.378. The Labute approximate surface area is 107 Å². The van der Waals surface area contributed by atoms with Gasteiger partial charge in [-0.1, -0.05) is 0 Å². The summed E-state index contributed by atoms with van der Waals surface area (Å²) >= 11 is 0. The Morgan fingerprint density at radius 1 is 1.32 bits per heavy atom. The predicted molar refractivity (Wildman–Crippen MR) is 61.9 cm³/mol. The van der Waals surface area contributed by atoms with Crippen molar-refractivity contribution >= 4 is 5.82 Å². The molecule has 9 nitrogen and oxygen atoms in total. The summed E-state index contributed by atoms with van der Waals surface area (Å²) in [5, 5.41) is 38.1. The van der Waals surface area contributed by atoms with Crippen molar-refractivity contribution < 1.29 is 25.2 Å². The van der Waals surface area contributed by atoms with Crippen LogP contribution in [0.2, 0.25) is 0 Å². The second-order valence-electron chi connectivity index (χ2n) is 4.26. The van der Waals surface area contributed by atoms with Gasteiger partial charge in [-0.2, -0.15) is 4.98 Å². The summed E-state index contributed by atoms with van der Waals surface area (Å²) in [7, 11) is 0. The molecule has 1 aromatic rings. The highest BCUT2D eigenvalue weighted by molar-refractivity contribution is 5.23. The molecule has 5 atom stereocenters. The molecule has 6 N–H and O–H groups in total. The molecule has 1 saturated heterocycles. The highest BCUT2D eigenvalue weighted by Gasteiger charge is 2.44. The number of nitrogens with two attached hydrogens (primary N) is 1. The van der Waals surface area contributed by atoms with Crippen LogP contribution in [0.15, 0.2) is 17.1 Å². The zero-order valence-corrected chi connectivity index (χ0v) is 9.83. The lowest BCUT2D eigenvalue weighted by Crippen LogP contribution is -2.57. The molecule has 1 aromatic heterocycles. The van der Waals surface area contributed by atoms with E-state index in [-0.39, 0.29) is 5.82 Å². The number of aliphatic hydroxyl groups is 4. The first-order chi connectivity index (χ1) is 8.95. The highest BCUT2D eigenvalue weighted by atomic mass is 16.6. The van der Waals surface area contributed by atoms with E-state index in [2.05, 4.69) is 4.98 Å². The van der Waals surface area contributed by atoms with E-state index in [0.29, 0.717) is 0 Å². The molecule has 0 saturated carbocycles. The molecule has 0 aromatic carbocycles. The fraction of sp³-hybridized carbons (Fsp3) is 0.600. The van der Waals surface area contributed by atoms with Crippen LogP contribution < -0.4 is 11.4 Å². The number of ether oxygens (including phenoxy) is 1. The van der Waals surface area contributed by atoms with Crippen LogP contribution in [0.3, 0.4) is 0 Å². The maximum Gasteiger partial charge on any atom is 0.351 e. The molecular formula is C10H15N3O6. The van der Waals surface area contributed by atoms with Gasteiger partial charge in [0, 0.05) is 6.20 Å². The number of nitrogen functional groups attached to an aromatic ring is 1. The summed E-state index contributed by atoms with van der Waals surface area (Å²) in [5.74, 6) is 0.00541. The third-order valence-corrected chi connectivity index (χ3v) is 2.99. The molecule has 9 heteroatoms. The van der Waals surface area contributed by atoms with Crippen molar-refractivity contribution in [1.82, 2.24) is 9.55 Å². The van der Waals surface area contributed by atoms with Gasteiger partial charge in [0.15, 0.2) is 6.23 Å². The topological polar surface area (TPSA) is 151 Å². The molecule has 1 fully saturated rings. The Kier molecular flexibility index (Phi) is 3.83. The van der Waals surface area contributed by atoms with Gasteiger partial charge in [-0.15, -0.1) is 0 Å². The second kappa shape index (κ2) is 5.23. The fourth-order valence-corrected chi connectivity index (χ4v) is 1.93. The molecule has 0 radical (unpaired) electrons. The second-order valence-corrected chi connectivity index (χ2v) is 4.26. The third kappa shape index (κ3) is 2.46. The Morgan fingerprint density at radius 2 is 2.00 bits per heavy atom. The van der Waals surface area contributed by atoms with Crippen LogP contribution in [-0.2, 0) is 4.74 Å². The molecule has 2 rings (SSSR count). The van der Waals surface area contributed by atoms with Crippen molar-refractivity contribution in [1.29, 1.82) is 0 Å². The molecule has 0 bridgehead atoms. The van der Waals surface area contributed by atoms with Crippen LogP contribution in [-0.4, -0.2) is 61.0 Å². The number of anilines is 1. The van der Waals surface area contributed by atoms with E-state index in [1.165, 1.54) is 12.3 Å². The molecule has 0 amide bonds. The van der Waals surface area contributed by atoms with E-state index in [1.54, 1.807) is 0 Å². The average Bonchev–Trinajstić information content (AvgIpc) is 2.38. The molecule has 1 aliphatic rings. The molecule has 2 heterocycles. The Balaban J connectivity index is 2.35. The van der Waals surface area contributed by atoms with E-state index in [4.69, 9.17) is 15.6 Å². The van der Waals surface area contributed by atoms with Crippen LogP contribution in [0.4, 0.5) is 5.82 Å². The van der Waals surface area contributed by atoms with Crippen molar-refractivity contribution in [2.75, 3.05) is 12.3 Å². The van der Waals surface area contributed by atoms with Gasteiger partial charge in [0.25, 0.3) is 0 Å². The summed E-state index contributed by atoms with van der Waals surface area (Å²) in [6.45, 7) is -0.571. The lowest BCUT2D eigenvalue weighted by molar-refractivity contribution is -0.252. The van der Waals surface area contributed by atoms with Gasteiger partial charge in [0.1, 0.15) is 30.2 Å². The maximum absolute atomic E-state index is 11.6. The van der Waals surface area contributed by atoms with E-state index in [0.717, 1.165) is 4.57 Å². The van der Waals surface area contributed by atoms with Gasteiger partial charge in [0.05, 0.1) is 6.61 Å². The normalized spacial score (nSPS) is 35.3. The van der Waals surface area contributed by atoms with Gasteiger partial charge in [-0.3, -0.25) is 4.57 Å². The largest absolute Gasteiger partial charge is 0.394 e. The van der Waals surface area contributed by atoms with E-state index in [1.807, 2.05) is 0 Å². The smallest absolute Gasteiger partial charge is 0.351 e. The summed E-state index contributed by atoms with van der Waals surface area (Å²) in [4.78, 5) is 15.1. The number of hydrogen-bond donors (Lipinski definition) is 5. The van der Waals surface area contributed by atoms with Crippen LogP contribution in [0, 0.1) is 0 Å². The van der Waals surface area contributed by atoms with Gasteiger partial charge >= 0.3 is 5.69 Å². The standard InChI is InChI=1S/C10H15N3O6/c11-5-1-2-13(10(18)12-5)9-8(17)7(16)6(15)4(3-14)19-9/h1-2,4,6-9,14-17H,3H2,(H2,11,12,18)/t4-,6-,7+,8-,9?/m1/s1. The molecule has 1 aliphatic heterocycles. The number of aromatic nitrogens is 2.